The van der Waals surface area contributed by atoms with Crippen molar-refractivity contribution in [1.82, 2.24) is 4.98 Å². The summed E-state index contributed by atoms with van der Waals surface area (Å²) >= 11 is 1.66. The van der Waals surface area contributed by atoms with Gasteiger partial charge in [-0.25, -0.2) is 0 Å². The van der Waals surface area contributed by atoms with Gasteiger partial charge in [-0.1, -0.05) is 42.5 Å². The molecule has 0 amide bonds. The van der Waals surface area contributed by atoms with Crippen molar-refractivity contribution >= 4 is 88.9 Å². The van der Waals surface area contributed by atoms with Crippen LogP contribution < -0.4 is 5.73 Å². The molecule has 0 saturated carbocycles. The largest absolute Gasteiger partial charge is 0.396 e. The maximum atomic E-state index is 11.9. The second kappa shape index (κ2) is 9.30. The summed E-state index contributed by atoms with van der Waals surface area (Å²) < 4.78 is 34.5. The van der Waals surface area contributed by atoms with Gasteiger partial charge in [0.1, 0.15) is 16.3 Å². The normalized spacial score (nSPS) is 11.8. The van der Waals surface area contributed by atoms with Crippen molar-refractivity contribution in [2.75, 3.05) is 5.73 Å². The summed E-state index contributed by atoms with van der Waals surface area (Å²) in [5.41, 5.74) is 8.95. The Morgan fingerprint density at radius 1 is 0.909 bits per heavy atom. The minimum atomic E-state index is -4.47. The average molecular weight is 484 g/mol. The fraction of sp³-hybridized carbons (Fsp3) is 0. The number of azo groups is 1. The molecule has 5 aromatic rings. The van der Waals surface area contributed by atoms with Gasteiger partial charge in [0.25, 0.3) is 10.1 Å². The van der Waals surface area contributed by atoms with E-state index in [4.69, 9.17) is 5.73 Å². The SMILES string of the molecule is Nc1c(N=Nc2ccc(-c3csc4ccccc34)nc2)cc(S(=O)(=O)O)c2ccccc12.[Na]. The summed E-state index contributed by atoms with van der Waals surface area (Å²) in [6.07, 6.45) is 1.59. The molecule has 1 radical (unpaired) electrons. The zero-order chi connectivity index (χ0) is 22.3. The van der Waals surface area contributed by atoms with Crippen molar-refractivity contribution in [3.05, 3.63) is 78.3 Å². The van der Waals surface area contributed by atoms with Crippen LogP contribution in [0.1, 0.15) is 0 Å². The van der Waals surface area contributed by atoms with Crippen LogP contribution in [0.25, 0.3) is 32.1 Å². The van der Waals surface area contributed by atoms with Crippen LogP contribution >= 0.6 is 11.3 Å². The molecule has 0 saturated heterocycles. The Labute approximate surface area is 216 Å². The summed E-state index contributed by atoms with van der Waals surface area (Å²) in [5.74, 6) is 0. The molecule has 33 heavy (non-hydrogen) atoms. The number of hydrogen-bond acceptors (Lipinski definition) is 7. The Balaban J connectivity index is 0.00000259. The summed E-state index contributed by atoms with van der Waals surface area (Å²) in [4.78, 5) is 4.23. The van der Waals surface area contributed by atoms with Gasteiger partial charge in [-0.2, -0.15) is 8.42 Å². The molecular formula is C23H16N4NaO3S2. The smallest absolute Gasteiger partial charge is 0.295 e. The van der Waals surface area contributed by atoms with E-state index in [-0.39, 0.29) is 45.8 Å². The average Bonchev–Trinajstić information content (AvgIpc) is 3.22. The van der Waals surface area contributed by atoms with Crippen molar-refractivity contribution in [3.8, 4) is 11.3 Å². The van der Waals surface area contributed by atoms with E-state index in [1.54, 1.807) is 47.9 Å². The maximum Gasteiger partial charge on any atom is 0.295 e. The van der Waals surface area contributed by atoms with E-state index in [9.17, 15) is 13.0 Å². The molecule has 0 bridgehead atoms. The van der Waals surface area contributed by atoms with Gasteiger partial charge in [0.15, 0.2) is 0 Å². The standard InChI is InChI=1S/C23H16N4O3S2.Na/c24-23-17-7-2-1-6-16(17)22(32(28,29)30)11-20(23)27-26-14-9-10-19(25-12-14)18-13-31-21-8-4-3-5-15(18)21;/h1-13H,24H2,(H,28,29,30);. The molecule has 2 aromatic heterocycles. The molecule has 5 rings (SSSR count). The van der Waals surface area contributed by atoms with E-state index < -0.39 is 10.1 Å². The number of thiophene rings is 1. The van der Waals surface area contributed by atoms with E-state index in [2.05, 4.69) is 32.7 Å². The molecular weight excluding hydrogens is 467 g/mol. The van der Waals surface area contributed by atoms with Gasteiger partial charge in [0.2, 0.25) is 0 Å². The molecule has 0 spiro atoms. The van der Waals surface area contributed by atoms with Crippen molar-refractivity contribution in [2.45, 2.75) is 4.90 Å². The minimum absolute atomic E-state index is 0. The predicted octanol–water partition coefficient (Wildman–Crippen LogP) is 5.98. The number of nitrogens with zero attached hydrogens (tertiary/aromatic N) is 3. The molecule has 3 aromatic carbocycles. The quantitative estimate of drug-likeness (QED) is 0.141. The summed E-state index contributed by atoms with van der Waals surface area (Å²) in [6, 6.07) is 19.6. The topological polar surface area (TPSA) is 118 Å². The summed E-state index contributed by atoms with van der Waals surface area (Å²) in [5, 5.41) is 12.3. The maximum absolute atomic E-state index is 11.9. The van der Waals surface area contributed by atoms with Gasteiger partial charge in [0.05, 0.1) is 17.6 Å². The molecule has 0 aliphatic rings. The zero-order valence-electron chi connectivity index (χ0n) is 17.5. The fourth-order valence-electron chi connectivity index (χ4n) is 3.54. The number of anilines is 1. The van der Waals surface area contributed by atoms with Crippen LogP contribution in [0, 0.1) is 0 Å². The van der Waals surface area contributed by atoms with E-state index in [0.717, 1.165) is 16.6 Å². The second-order valence-corrected chi connectivity index (χ2v) is 9.38. The molecule has 0 atom stereocenters. The minimum Gasteiger partial charge on any atom is -0.396 e. The van der Waals surface area contributed by atoms with Crippen LogP contribution in [0.2, 0.25) is 0 Å². The van der Waals surface area contributed by atoms with Gasteiger partial charge in [-0.15, -0.1) is 21.6 Å². The summed E-state index contributed by atoms with van der Waals surface area (Å²) in [7, 11) is -4.47. The molecule has 7 nitrogen and oxygen atoms in total. The van der Waals surface area contributed by atoms with Gasteiger partial charge in [-0.05, 0) is 24.3 Å². The van der Waals surface area contributed by atoms with Crippen LogP contribution in [-0.4, -0.2) is 47.5 Å². The summed E-state index contributed by atoms with van der Waals surface area (Å²) in [6.45, 7) is 0. The Hall–Kier alpha value is -2.66. The number of rotatable bonds is 4. The zero-order valence-corrected chi connectivity index (χ0v) is 21.1. The molecule has 159 valence electrons. The van der Waals surface area contributed by atoms with Crippen molar-refractivity contribution in [3.63, 3.8) is 0 Å². The van der Waals surface area contributed by atoms with E-state index in [0.29, 0.717) is 16.5 Å². The Bertz CT molecular complexity index is 1610. The Morgan fingerprint density at radius 2 is 1.61 bits per heavy atom. The number of nitrogens with two attached hydrogens (primary N) is 1. The molecule has 10 heteroatoms. The van der Waals surface area contributed by atoms with Crippen molar-refractivity contribution in [1.29, 1.82) is 0 Å². The molecule has 0 aliphatic heterocycles. The molecule has 0 fully saturated rings. The van der Waals surface area contributed by atoms with Crippen molar-refractivity contribution < 1.29 is 13.0 Å². The van der Waals surface area contributed by atoms with Crippen LogP contribution in [0.3, 0.4) is 0 Å². The second-order valence-electron chi connectivity index (χ2n) is 7.08. The number of pyridine rings is 1. The first-order chi connectivity index (χ1) is 15.4. The number of aromatic nitrogens is 1. The predicted molar refractivity (Wildman–Crippen MR) is 133 cm³/mol. The number of benzene rings is 3. The fourth-order valence-corrected chi connectivity index (χ4v) is 5.21. The van der Waals surface area contributed by atoms with Crippen LogP contribution in [0.5, 0.6) is 0 Å². The molecule has 2 heterocycles. The molecule has 3 N–H and O–H groups in total. The van der Waals surface area contributed by atoms with E-state index in [1.807, 2.05) is 18.2 Å². The molecule has 0 unspecified atom stereocenters. The first-order valence-corrected chi connectivity index (χ1v) is 11.9. The first-order valence-electron chi connectivity index (χ1n) is 9.55. The van der Waals surface area contributed by atoms with E-state index in [1.165, 1.54) is 10.8 Å². The third-order valence-electron chi connectivity index (χ3n) is 5.08. The van der Waals surface area contributed by atoms with Gasteiger partial charge in [-0.3, -0.25) is 9.54 Å². The number of nitrogen functional groups attached to an aromatic ring is 1. The van der Waals surface area contributed by atoms with Gasteiger partial charge in [0, 0.05) is 61.4 Å². The monoisotopic (exact) mass is 483 g/mol. The van der Waals surface area contributed by atoms with Crippen LogP contribution in [0.15, 0.2) is 93.4 Å². The number of hydrogen-bond donors (Lipinski definition) is 2. The van der Waals surface area contributed by atoms with Crippen LogP contribution in [-0.2, 0) is 10.1 Å². The van der Waals surface area contributed by atoms with E-state index >= 15 is 0 Å². The van der Waals surface area contributed by atoms with Gasteiger partial charge < -0.3 is 5.73 Å². The Morgan fingerprint density at radius 3 is 2.30 bits per heavy atom. The van der Waals surface area contributed by atoms with Gasteiger partial charge >= 0.3 is 0 Å². The first kappa shape index (κ1) is 23.5. The number of fused-ring (bicyclic) bond motifs is 2. The molecule has 0 aliphatic carbocycles. The van der Waals surface area contributed by atoms with Crippen molar-refractivity contribution in [2.24, 2.45) is 10.2 Å². The third-order valence-corrected chi connectivity index (χ3v) is 6.94. The Kier molecular flexibility index (Phi) is 6.62. The third kappa shape index (κ3) is 4.56. The van der Waals surface area contributed by atoms with Crippen LogP contribution in [0.4, 0.5) is 17.1 Å².